The van der Waals surface area contributed by atoms with Crippen molar-refractivity contribution in [2.75, 3.05) is 19.6 Å². The number of nitrogens with zero attached hydrogens (tertiary/aromatic N) is 3. The lowest BCUT2D eigenvalue weighted by atomic mass is 9.83. The van der Waals surface area contributed by atoms with Gasteiger partial charge in [-0.05, 0) is 50.9 Å². The molecular formula is C16H20ClN3. The molecule has 2 aromatic rings. The quantitative estimate of drug-likeness (QED) is 0.788. The molecule has 0 N–H and O–H groups in total. The zero-order valence-corrected chi connectivity index (χ0v) is 12.6. The van der Waals surface area contributed by atoms with E-state index in [1.165, 1.54) is 31.4 Å². The molecular weight excluding hydrogens is 270 g/mol. The van der Waals surface area contributed by atoms with Crippen molar-refractivity contribution >= 4 is 22.6 Å². The van der Waals surface area contributed by atoms with Crippen LogP contribution in [0, 0.1) is 5.92 Å². The Hall–Kier alpha value is -1.06. The van der Waals surface area contributed by atoms with Gasteiger partial charge in [-0.1, -0.05) is 12.1 Å². The van der Waals surface area contributed by atoms with E-state index < -0.39 is 0 Å². The highest BCUT2D eigenvalue weighted by Crippen LogP contribution is 2.39. The standard InChI is InChI=1S/C16H20ClN3/c1-11(17)16-18-13-4-2-3-5-14(13)20(16)15-10-19-8-6-12(15)7-9-19/h2-5,11-12,15H,6-10H2,1H3. The van der Waals surface area contributed by atoms with E-state index in [-0.39, 0.29) is 5.38 Å². The number of aromatic nitrogens is 2. The van der Waals surface area contributed by atoms with Crippen LogP contribution < -0.4 is 0 Å². The SMILES string of the molecule is CC(Cl)c1nc2ccccc2n1C1CN2CCC1CC2. The molecule has 106 valence electrons. The summed E-state index contributed by atoms with van der Waals surface area (Å²) in [5.41, 5.74) is 2.32. The van der Waals surface area contributed by atoms with E-state index in [0.717, 1.165) is 23.8 Å². The predicted octanol–water partition coefficient (Wildman–Crippen LogP) is 3.60. The van der Waals surface area contributed by atoms with Gasteiger partial charge in [-0.2, -0.15) is 0 Å². The summed E-state index contributed by atoms with van der Waals surface area (Å²) in [4.78, 5) is 7.37. The number of hydrogen-bond donors (Lipinski definition) is 0. The van der Waals surface area contributed by atoms with Crippen LogP contribution in [0.25, 0.3) is 11.0 Å². The number of fused-ring (bicyclic) bond motifs is 4. The minimum absolute atomic E-state index is 0.0437. The summed E-state index contributed by atoms with van der Waals surface area (Å²) in [5, 5.41) is -0.0437. The van der Waals surface area contributed by atoms with Crippen molar-refractivity contribution < 1.29 is 0 Å². The summed E-state index contributed by atoms with van der Waals surface area (Å²) >= 11 is 6.40. The van der Waals surface area contributed by atoms with Gasteiger partial charge in [0.2, 0.25) is 0 Å². The van der Waals surface area contributed by atoms with Crippen LogP contribution in [0.3, 0.4) is 0 Å². The first-order chi connectivity index (χ1) is 9.74. The average molecular weight is 290 g/mol. The minimum atomic E-state index is -0.0437. The van der Waals surface area contributed by atoms with Crippen molar-refractivity contribution in [3.63, 3.8) is 0 Å². The van der Waals surface area contributed by atoms with E-state index in [1.807, 2.05) is 6.92 Å². The topological polar surface area (TPSA) is 21.1 Å². The number of benzene rings is 1. The smallest absolute Gasteiger partial charge is 0.128 e. The van der Waals surface area contributed by atoms with Gasteiger partial charge in [0, 0.05) is 6.54 Å². The molecule has 4 heteroatoms. The maximum Gasteiger partial charge on any atom is 0.128 e. The third kappa shape index (κ3) is 1.87. The van der Waals surface area contributed by atoms with Crippen LogP contribution in [0.4, 0.5) is 0 Å². The summed E-state index contributed by atoms with van der Waals surface area (Å²) in [6.07, 6.45) is 2.63. The van der Waals surface area contributed by atoms with Crippen LogP contribution in [0.15, 0.2) is 24.3 Å². The Kier molecular flexibility index (Phi) is 3.00. The Balaban J connectivity index is 1.87. The van der Waals surface area contributed by atoms with Gasteiger partial charge in [-0.25, -0.2) is 4.98 Å². The summed E-state index contributed by atoms with van der Waals surface area (Å²) in [6, 6.07) is 8.98. The van der Waals surface area contributed by atoms with Gasteiger partial charge in [0.1, 0.15) is 5.82 Å². The molecule has 0 amide bonds. The van der Waals surface area contributed by atoms with Crippen LogP contribution in [-0.4, -0.2) is 34.1 Å². The molecule has 4 heterocycles. The molecule has 1 aromatic heterocycles. The lowest BCUT2D eigenvalue weighted by Crippen LogP contribution is -2.48. The van der Waals surface area contributed by atoms with Crippen molar-refractivity contribution in [3.8, 4) is 0 Å². The van der Waals surface area contributed by atoms with E-state index in [4.69, 9.17) is 16.6 Å². The maximum atomic E-state index is 6.40. The maximum absolute atomic E-state index is 6.40. The molecule has 3 saturated heterocycles. The average Bonchev–Trinajstić information content (AvgIpc) is 2.88. The summed E-state index contributed by atoms with van der Waals surface area (Å²) in [6.45, 7) is 5.71. The van der Waals surface area contributed by atoms with Gasteiger partial charge in [-0.3, -0.25) is 0 Å². The molecule has 3 aliphatic heterocycles. The fraction of sp³-hybridized carbons (Fsp3) is 0.562. The Labute approximate surface area is 124 Å². The Morgan fingerprint density at radius 2 is 2.00 bits per heavy atom. The zero-order chi connectivity index (χ0) is 13.7. The van der Waals surface area contributed by atoms with Crippen molar-refractivity contribution in [1.82, 2.24) is 14.5 Å². The molecule has 0 saturated carbocycles. The fourth-order valence-electron chi connectivity index (χ4n) is 3.92. The van der Waals surface area contributed by atoms with Gasteiger partial charge in [0.05, 0.1) is 22.5 Å². The van der Waals surface area contributed by atoms with E-state index in [9.17, 15) is 0 Å². The lowest BCUT2D eigenvalue weighted by molar-refractivity contribution is 0.0575. The third-order valence-corrected chi connectivity index (χ3v) is 5.13. The molecule has 2 atom stereocenters. The molecule has 3 aliphatic rings. The zero-order valence-electron chi connectivity index (χ0n) is 11.8. The van der Waals surface area contributed by atoms with Crippen LogP contribution in [0.5, 0.6) is 0 Å². The number of hydrogen-bond acceptors (Lipinski definition) is 2. The Morgan fingerprint density at radius 1 is 1.25 bits per heavy atom. The van der Waals surface area contributed by atoms with Gasteiger partial charge < -0.3 is 9.47 Å². The van der Waals surface area contributed by atoms with Crippen molar-refractivity contribution in [1.29, 1.82) is 0 Å². The summed E-state index contributed by atoms with van der Waals surface area (Å²) in [7, 11) is 0. The molecule has 0 radical (unpaired) electrons. The number of alkyl halides is 1. The minimum Gasteiger partial charge on any atom is -0.322 e. The molecule has 2 unspecified atom stereocenters. The second kappa shape index (κ2) is 4.74. The first-order valence-electron chi connectivity index (χ1n) is 7.57. The van der Waals surface area contributed by atoms with E-state index in [0.29, 0.717) is 6.04 Å². The van der Waals surface area contributed by atoms with E-state index in [2.05, 4.69) is 33.7 Å². The van der Waals surface area contributed by atoms with E-state index >= 15 is 0 Å². The van der Waals surface area contributed by atoms with Crippen LogP contribution in [0.2, 0.25) is 0 Å². The molecule has 5 rings (SSSR count). The van der Waals surface area contributed by atoms with Crippen LogP contribution >= 0.6 is 11.6 Å². The predicted molar refractivity (Wildman–Crippen MR) is 82.2 cm³/mol. The van der Waals surface area contributed by atoms with Crippen molar-refractivity contribution in [2.45, 2.75) is 31.2 Å². The van der Waals surface area contributed by atoms with E-state index in [1.54, 1.807) is 0 Å². The first-order valence-corrected chi connectivity index (χ1v) is 8.01. The Bertz CT molecular complexity index is 626. The largest absolute Gasteiger partial charge is 0.322 e. The Morgan fingerprint density at radius 3 is 2.65 bits per heavy atom. The molecule has 20 heavy (non-hydrogen) atoms. The number of piperidine rings is 3. The van der Waals surface area contributed by atoms with Gasteiger partial charge in [-0.15, -0.1) is 11.6 Å². The highest BCUT2D eigenvalue weighted by Gasteiger charge is 2.37. The monoisotopic (exact) mass is 289 g/mol. The van der Waals surface area contributed by atoms with Crippen molar-refractivity contribution in [2.24, 2.45) is 5.92 Å². The fourth-order valence-corrected chi connectivity index (χ4v) is 4.07. The highest BCUT2D eigenvalue weighted by atomic mass is 35.5. The highest BCUT2D eigenvalue weighted by molar-refractivity contribution is 6.20. The number of imidazole rings is 1. The molecule has 0 aliphatic carbocycles. The van der Waals surface area contributed by atoms with Crippen LogP contribution in [-0.2, 0) is 0 Å². The molecule has 0 spiro atoms. The molecule has 3 fully saturated rings. The van der Waals surface area contributed by atoms with Gasteiger partial charge in [0.15, 0.2) is 0 Å². The second-order valence-electron chi connectivity index (χ2n) is 6.15. The number of rotatable bonds is 2. The second-order valence-corrected chi connectivity index (χ2v) is 6.80. The first kappa shape index (κ1) is 12.7. The third-order valence-electron chi connectivity index (χ3n) is 4.93. The molecule has 2 bridgehead atoms. The number of halogens is 1. The van der Waals surface area contributed by atoms with Crippen molar-refractivity contribution in [3.05, 3.63) is 30.1 Å². The molecule has 1 aromatic carbocycles. The van der Waals surface area contributed by atoms with Crippen LogP contribution in [0.1, 0.15) is 37.0 Å². The molecule has 3 nitrogen and oxygen atoms in total. The lowest BCUT2D eigenvalue weighted by Gasteiger charge is -2.46. The van der Waals surface area contributed by atoms with Gasteiger partial charge >= 0.3 is 0 Å². The summed E-state index contributed by atoms with van der Waals surface area (Å²) in [5.74, 6) is 1.82. The summed E-state index contributed by atoms with van der Waals surface area (Å²) < 4.78 is 2.43. The normalized spacial score (nSPS) is 30.8. The van der Waals surface area contributed by atoms with Gasteiger partial charge in [0.25, 0.3) is 0 Å². The number of para-hydroxylation sites is 2.